The number of aliphatic hydroxyl groups is 1. The molecular formula is C17H28N2O. The molecular weight excluding hydrogens is 248 g/mol. The average Bonchev–Trinajstić information content (AvgIpc) is 2.93. The van der Waals surface area contributed by atoms with E-state index in [0.717, 1.165) is 25.9 Å². The lowest BCUT2D eigenvalue weighted by Crippen LogP contribution is -2.31. The minimum absolute atomic E-state index is 0.305. The molecule has 1 fully saturated rings. The Labute approximate surface area is 123 Å². The highest BCUT2D eigenvalue weighted by molar-refractivity contribution is 5.56. The van der Waals surface area contributed by atoms with Crippen molar-refractivity contribution in [1.29, 1.82) is 0 Å². The minimum atomic E-state index is 0.305. The van der Waals surface area contributed by atoms with E-state index in [2.05, 4.69) is 48.3 Å². The summed E-state index contributed by atoms with van der Waals surface area (Å²) in [6, 6.07) is 9.74. The van der Waals surface area contributed by atoms with E-state index < -0.39 is 0 Å². The molecule has 1 aromatic carbocycles. The third-order valence-electron chi connectivity index (χ3n) is 4.30. The molecule has 0 aromatic heterocycles. The average molecular weight is 276 g/mol. The number of aliphatic hydroxyl groups excluding tert-OH is 1. The Morgan fingerprint density at radius 1 is 1.40 bits per heavy atom. The van der Waals surface area contributed by atoms with Crippen molar-refractivity contribution in [2.45, 2.75) is 51.6 Å². The van der Waals surface area contributed by atoms with E-state index in [-0.39, 0.29) is 0 Å². The summed E-state index contributed by atoms with van der Waals surface area (Å²) in [6.45, 7) is 6.83. The first kappa shape index (κ1) is 15.3. The van der Waals surface area contributed by atoms with Crippen molar-refractivity contribution in [3.05, 3.63) is 29.8 Å². The van der Waals surface area contributed by atoms with E-state index in [9.17, 15) is 0 Å². The van der Waals surface area contributed by atoms with Crippen LogP contribution in [0.4, 0.5) is 5.69 Å². The van der Waals surface area contributed by atoms with E-state index >= 15 is 0 Å². The fourth-order valence-corrected chi connectivity index (χ4v) is 3.31. The van der Waals surface area contributed by atoms with Crippen LogP contribution in [0.5, 0.6) is 0 Å². The Hall–Kier alpha value is -1.06. The van der Waals surface area contributed by atoms with Gasteiger partial charge >= 0.3 is 0 Å². The fourth-order valence-electron chi connectivity index (χ4n) is 3.31. The molecule has 0 saturated carbocycles. The molecule has 0 bridgehead atoms. The molecule has 112 valence electrons. The molecule has 2 N–H and O–H groups in total. The highest BCUT2D eigenvalue weighted by atomic mass is 16.2. The number of nitrogens with zero attached hydrogens (tertiary/aromatic N) is 1. The molecule has 1 aromatic rings. The van der Waals surface area contributed by atoms with Crippen LogP contribution < -0.4 is 10.2 Å². The van der Waals surface area contributed by atoms with Crippen molar-refractivity contribution in [2.24, 2.45) is 0 Å². The van der Waals surface area contributed by atoms with Crippen LogP contribution in [0.1, 0.15) is 51.1 Å². The Morgan fingerprint density at radius 3 is 2.95 bits per heavy atom. The predicted molar refractivity (Wildman–Crippen MR) is 85.2 cm³/mol. The fraction of sp³-hybridized carbons (Fsp3) is 0.647. The van der Waals surface area contributed by atoms with Gasteiger partial charge in [-0.2, -0.15) is 0 Å². The van der Waals surface area contributed by atoms with Crippen molar-refractivity contribution in [2.75, 3.05) is 24.6 Å². The minimum Gasteiger partial charge on any atom is -0.396 e. The van der Waals surface area contributed by atoms with Crippen LogP contribution in [0.25, 0.3) is 0 Å². The van der Waals surface area contributed by atoms with Gasteiger partial charge in [-0.1, -0.05) is 25.1 Å². The SMILES string of the molecule is CCNC(C)c1ccccc1N1CCCC1CCCO. The zero-order valence-corrected chi connectivity index (χ0v) is 12.8. The standard InChI is InChI=1S/C17H28N2O/c1-3-18-14(2)16-10-4-5-11-17(16)19-12-6-8-15(19)9-7-13-20/h4-5,10-11,14-15,18,20H,3,6-9,12-13H2,1-2H3. The monoisotopic (exact) mass is 276 g/mol. The molecule has 0 radical (unpaired) electrons. The van der Waals surface area contributed by atoms with E-state index in [4.69, 9.17) is 5.11 Å². The van der Waals surface area contributed by atoms with Gasteiger partial charge < -0.3 is 15.3 Å². The van der Waals surface area contributed by atoms with Crippen LogP contribution in [0.3, 0.4) is 0 Å². The van der Waals surface area contributed by atoms with Crippen molar-refractivity contribution in [3.8, 4) is 0 Å². The van der Waals surface area contributed by atoms with Gasteiger partial charge in [-0.3, -0.25) is 0 Å². The van der Waals surface area contributed by atoms with Gasteiger partial charge in [0, 0.05) is 30.9 Å². The molecule has 1 saturated heterocycles. The first-order valence-electron chi connectivity index (χ1n) is 7.97. The van der Waals surface area contributed by atoms with Gasteiger partial charge in [-0.25, -0.2) is 0 Å². The highest BCUT2D eigenvalue weighted by Crippen LogP contribution is 2.33. The summed E-state index contributed by atoms with van der Waals surface area (Å²) in [5.74, 6) is 0. The van der Waals surface area contributed by atoms with Crippen LogP contribution in [-0.4, -0.2) is 30.8 Å². The molecule has 1 aliphatic heterocycles. The van der Waals surface area contributed by atoms with Crippen LogP contribution in [0.15, 0.2) is 24.3 Å². The maximum Gasteiger partial charge on any atom is 0.0431 e. The van der Waals surface area contributed by atoms with Gasteiger partial charge in [0.1, 0.15) is 0 Å². The molecule has 3 nitrogen and oxygen atoms in total. The van der Waals surface area contributed by atoms with Crippen molar-refractivity contribution in [1.82, 2.24) is 5.32 Å². The van der Waals surface area contributed by atoms with E-state index in [0.29, 0.717) is 18.7 Å². The number of benzene rings is 1. The molecule has 20 heavy (non-hydrogen) atoms. The molecule has 1 heterocycles. The van der Waals surface area contributed by atoms with Gasteiger partial charge in [-0.05, 0) is 50.8 Å². The second-order valence-electron chi connectivity index (χ2n) is 5.69. The van der Waals surface area contributed by atoms with Crippen LogP contribution >= 0.6 is 0 Å². The lowest BCUT2D eigenvalue weighted by atomic mass is 10.0. The van der Waals surface area contributed by atoms with Gasteiger partial charge in [0.05, 0.1) is 0 Å². The van der Waals surface area contributed by atoms with E-state index in [1.54, 1.807) is 0 Å². The Bertz CT molecular complexity index is 408. The third kappa shape index (κ3) is 3.53. The molecule has 0 amide bonds. The predicted octanol–water partition coefficient (Wildman–Crippen LogP) is 3.10. The van der Waals surface area contributed by atoms with Gasteiger partial charge in [0.15, 0.2) is 0 Å². The molecule has 0 spiro atoms. The normalized spacial score (nSPS) is 20.4. The largest absolute Gasteiger partial charge is 0.396 e. The zero-order chi connectivity index (χ0) is 14.4. The quantitative estimate of drug-likeness (QED) is 0.803. The van der Waals surface area contributed by atoms with Gasteiger partial charge in [0.2, 0.25) is 0 Å². The van der Waals surface area contributed by atoms with E-state index in [1.807, 2.05) is 0 Å². The van der Waals surface area contributed by atoms with Crippen LogP contribution in [-0.2, 0) is 0 Å². The van der Waals surface area contributed by atoms with Crippen molar-refractivity contribution < 1.29 is 5.11 Å². The topological polar surface area (TPSA) is 35.5 Å². The number of anilines is 1. The van der Waals surface area contributed by atoms with Gasteiger partial charge in [0.25, 0.3) is 0 Å². The van der Waals surface area contributed by atoms with Crippen LogP contribution in [0.2, 0.25) is 0 Å². The summed E-state index contributed by atoms with van der Waals surface area (Å²) < 4.78 is 0. The Morgan fingerprint density at radius 2 is 2.20 bits per heavy atom. The number of hydrogen-bond donors (Lipinski definition) is 2. The summed E-state index contributed by atoms with van der Waals surface area (Å²) in [7, 11) is 0. The summed E-state index contributed by atoms with van der Waals surface area (Å²) in [6.07, 6.45) is 4.52. The summed E-state index contributed by atoms with van der Waals surface area (Å²) in [4.78, 5) is 2.55. The molecule has 3 heteroatoms. The first-order chi connectivity index (χ1) is 9.77. The number of para-hydroxylation sites is 1. The smallest absolute Gasteiger partial charge is 0.0431 e. The number of nitrogens with one attached hydrogen (secondary N) is 1. The highest BCUT2D eigenvalue weighted by Gasteiger charge is 2.26. The third-order valence-corrected chi connectivity index (χ3v) is 4.30. The second kappa shape index (κ2) is 7.65. The maximum atomic E-state index is 9.07. The number of hydrogen-bond acceptors (Lipinski definition) is 3. The number of rotatable bonds is 7. The maximum absolute atomic E-state index is 9.07. The zero-order valence-electron chi connectivity index (χ0n) is 12.8. The first-order valence-corrected chi connectivity index (χ1v) is 7.97. The molecule has 2 rings (SSSR count). The summed E-state index contributed by atoms with van der Waals surface area (Å²) in [5.41, 5.74) is 2.77. The van der Waals surface area contributed by atoms with Crippen LogP contribution in [0, 0.1) is 0 Å². The van der Waals surface area contributed by atoms with Crippen molar-refractivity contribution in [3.63, 3.8) is 0 Å². The Kier molecular flexibility index (Phi) is 5.86. The molecule has 2 atom stereocenters. The van der Waals surface area contributed by atoms with Crippen molar-refractivity contribution >= 4 is 5.69 Å². The lowest BCUT2D eigenvalue weighted by molar-refractivity contribution is 0.279. The van der Waals surface area contributed by atoms with E-state index in [1.165, 1.54) is 24.1 Å². The summed E-state index contributed by atoms with van der Waals surface area (Å²) in [5, 5.41) is 12.6. The molecule has 0 aliphatic carbocycles. The second-order valence-corrected chi connectivity index (χ2v) is 5.69. The summed E-state index contributed by atoms with van der Waals surface area (Å²) >= 11 is 0. The van der Waals surface area contributed by atoms with Gasteiger partial charge in [-0.15, -0.1) is 0 Å². The lowest BCUT2D eigenvalue weighted by Gasteiger charge is -2.30. The molecule has 2 unspecified atom stereocenters. The molecule has 1 aliphatic rings. The Balaban J connectivity index is 2.18.